The van der Waals surface area contributed by atoms with Crippen LogP contribution in [0.3, 0.4) is 0 Å². The van der Waals surface area contributed by atoms with E-state index in [2.05, 4.69) is 16.4 Å². The molecular formula is C26H29ClN4O2S. The summed E-state index contributed by atoms with van der Waals surface area (Å²) in [6, 6.07) is 13.7. The van der Waals surface area contributed by atoms with E-state index in [0.29, 0.717) is 19.7 Å². The Morgan fingerprint density at radius 2 is 2.03 bits per heavy atom. The van der Waals surface area contributed by atoms with Crippen LogP contribution in [0, 0.1) is 5.92 Å². The van der Waals surface area contributed by atoms with Gasteiger partial charge < -0.3 is 15.0 Å². The maximum absolute atomic E-state index is 13.0. The number of morpholine rings is 1. The molecule has 2 aliphatic rings. The minimum atomic E-state index is -0.210. The fourth-order valence-electron chi connectivity index (χ4n) is 4.74. The highest BCUT2D eigenvalue weighted by molar-refractivity contribution is 7.15. The topological polar surface area (TPSA) is 67.3 Å². The second kappa shape index (κ2) is 10.8. The highest BCUT2D eigenvalue weighted by atomic mass is 35.5. The lowest BCUT2D eigenvalue weighted by Gasteiger charge is -2.35. The van der Waals surface area contributed by atoms with Gasteiger partial charge in [-0.25, -0.2) is 9.97 Å². The Morgan fingerprint density at radius 3 is 2.88 bits per heavy atom. The second-order valence-electron chi connectivity index (χ2n) is 8.99. The molecule has 34 heavy (non-hydrogen) atoms. The molecule has 0 spiro atoms. The molecule has 0 radical (unpaired) electrons. The number of pyridine rings is 1. The first-order chi connectivity index (χ1) is 16.6. The summed E-state index contributed by atoms with van der Waals surface area (Å²) in [5.41, 5.74) is 1.99. The summed E-state index contributed by atoms with van der Waals surface area (Å²) in [6.07, 6.45) is 8.08. The van der Waals surface area contributed by atoms with Crippen LogP contribution in [-0.2, 0) is 16.0 Å². The van der Waals surface area contributed by atoms with Crippen LogP contribution in [-0.4, -0.2) is 40.5 Å². The molecule has 3 aromatic rings. The van der Waals surface area contributed by atoms with Crippen molar-refractivity contribution < 1.29 is 9.53 Å². The van der Waals surface area contributed by atoms with Crippen LogP contribution in [0.1, 0.15) is 54.3 Å². The molecule has 2 aromatic heterocycles. The summed E-state index contributed by atoms with van der Waals surface area (Å²) in [6.45, 7) is 1.77. The highest BCUT2D eigenvalue weighted by Crippen LogP contribution is 2.29. The maximum Gasteiger partial charge on any atom is 0.225 e. The van der Waals surface area contributed by atoms with Crippen LogP contribution < -0.4 is 5.32 Å². The molecule has 0 bridgehead atoms. The molecule has 1 atom stereocenters. The molecule has 178 valence electrons. The Kier molecular flexibility index (Phi) is 7.42. The number of halogens is 1. The van der Waals surface area contributed by atoms with Crippen molar-refractivity contribution in [1.82, 2.24) is 14.9 Å². The number of thiazole rings is 1. The second-order valence-corrected chi connectivity index (χ2v) is 10.5. The normalized spacial score (nSPS) is 19.2. The molecule has 6 nitrogen and oxygen atoms in total. The van der Waals surface area contributed by atoms with E-state index in [1.54, 1.807) is 11.3 Å². The number of hydrogen-bond acceptors (Lipinski definition) is 6. The zero-order valence-corrected chi connectivity index (χ0v) is 20.7. The monoisotopic (exact) mass is 496 g/mol. The van der Waals surface area contributed by atoms with Gasteiger partial charge in [0.1, 0.15) is 11.9 Å². The zero-order valence-electron chi connectivity index (χ0n) is 19.1. The first-order valence-corrected chi connectivity index (χ1v) is 13.2. The molecule has 1 saturated heterocycles. The molecule has 1 amide bonds. The number of nitrogens with zero attached hydrogens (tertiary/aromatic N) is 3. The smallest absolute Gasteiger partial charge is 0.225 e. The van der Waals surface area contributed by atoms with Crippen LogP contribution in [0.2, 0.25) is 5.02 Å². The van der Waals surface area contributed by atoms with E-state index in [-0.39, 0.29) is 17.9 Å². The molecule has 2 fully saturated rings. The minimum absolute atomic E-state index is 0.180. The van der Waals surface area contributed by atoms with Crippen LogP contribution in [0.5, 0.6) is 0 Å². The lowest BCUT2D eigenvalue weighted by Crippen LogP contribution is -2.45. The van der Waals surface area contributed by atoms with Gasteiger partial charge >= 0.3 is 0 Å². The van der Waals surface area contributed by atoms with E-state index in [4.69, 9.17) is 21.3 Å². The number of rotatable bonds is 6. The lowest BCUT2D eigenvalue weighted by molar-refractivity contribution is -0.144. The molecular weight excluding hydrogens is 468 g/mol. The number of aromatic nitrogens is 2. The van der Waals surface area contributed by atoms with Crippen LogP contribution in [0.4, 0.5) is 10.9 Å². The molecule has 8 heteroatoms. The average molecular weight is 497 g/mol. The Balaban J connectivity index is 1.22. The van der Waals surface area contributed by atoms with Crippen LogP contribution >= 0.6 is 22.9 Å². The van der Waals surface area contributed by atoms with Crippen molar-refractivity contribution in [2.75, 3.05) is 25.0 Å². The molecule has 1 unspecified atom stereocenters. The van der Waals surface area contributed by atoms with Gasteiger partial charge in [0, 0.05) is 35.0 Å². The van der Waals surface area contributed by atoms with E-state index >= 15 is 0 Å². The summed E-state index contributed by atoms with van der Waals surface area (Å²) in [4.78, 5) is 25.4. The zero-order chi connectivity index (χ0) is 23.3. The van der Waals surface area contributed by atoms with E-state index in [1.165, 1.54) is 6.42 Å². The molecule has 1 aromatic carbocycles. The minimum Gasteiger partial charge on any atom is -0.368 e. The number of carbonyl (C=O) groups excluding carboxylic acids is 1. The van der Waals surface area contributed by atoms with E-state index < -0.39 is 0 Å². The number of carbonyl (C=O) groups is 1. The van der Waals surface area contributed by atoms with Crippen molar-refractivity contribution in [2.24, 2.45) is 5.92 Å². The number of benzene rings is 1. The van der Waals surface area contributed by atoms with Gasteiger partial charge in [0.2, 0.25) is 5.91 Å². The number of anilines is 2. The third-order valence-corrected chi connectivity index (χ3v) is 7.64. The van der Waals surface area contributed by atoms with Crippen LogP contribution in [0.15, 0.2) is 48.7 Å². The lowest BCUT2D eigenvalue weighted by atomic mass is 9.88. The molecule has 1 saturated carbocycles. The van der Waals surface area contributed by atoms with Gasteiger partial charge in [-0.2, -0.15) is 0 Å². The number of ether oxygens (including phenoxy) is 1. The summed E-state index contributed by atoms with van der Waals surface area (Å²) >= 11 is 7.70. The molecule has 1 aliphatic heterocycles. The number of nitrogens with one attached hydrogen (secondary N) is 1. The third-order valence-electron chi connectivity index (χ3n) is 6.49. The fraction of sp³-hybridized carbons (Fsp3) is 0.423. The van der Waals surface area contributed by atoms with Crippen LogP contribution in [0.25, 0.3) is 0 Å². The van der Waals surface area contributed by atoms with Crippen molar-refractivity contribution in [3.63, 3.8) is 0 Å². The summed E-state index contributed by atoms with van der Waals surface area (Å²) in [5, 5.41) is 4.85. The SMILES string of the molecule is O=C(C1CCCCC1)N1CCOC(c2cccc(Nc3ncc(Cc4cccc(Cl)c4)s3)n2)C1. The predicted octanol–water partition coefficient (Wildman–Crippen LogP) is 6.01. The fourth-order valence-corrected chi connectivity index (χ4v) is 5.81. The van der Waals surface area contributed by atoms with Gasteiger partial charge in [0.15, 0.2) is 5.13 Å². The molecule has 3 heterocycles. The Bertz CT molecular complexity index is 1130. The van der Waals surface area contributed by atoms with Gasteiger partial charge in [-0.05, 0) is 42.7 Å². The maximum atomic E-state index is 13.0. The van der Waals surface area contributed by atoms with Crippen molar-refractivity contribution in [3.8, 4) is 0 Å². The summed E-state index contributed by atoms with van der Waals surface area (Å²) < 4.78 is 6.01. The predicted molar refractivity (Wildman–Crippen MR) is 136 cm³/mol. The molecule has 1 aliphatic carbocycles. The summed E-state index contributed by atoms with van der Waals surface area (Å²) in [7, 11) is 0. The van der Waals surface area contributed by atoms with Crippen molar-refractivity contribution in [1.29, 1.82) is 0 Å². The number of hydrogen-bond donors (Lipinski definition) is 1. The molecule has 5 rings (SSSR count). The largest absolute Gasteiger partial charge is 0.368 e. The first kappa shape index (κ1) is 23.3. The van der Waals surface area contributed by atoms with Gasteiger partial charge in [-0.1, -0.05) is 49.1 Å². The third kappa shape index (κ3) is 5.77. The Labute approximate surface area is 209 Å². The molecule has 1 N–H and O–H groups in total. The van der Waals surface area contributed by atoms with Crippen molar-refractivity contribution in [2.45, 2.75) is 44.6 Å². The van der Waals surface area contributed by atoms with E-state index in [0.717, 1.165) is 64.2 Å². The first-order valence-electron chi connectivity index (χ1n) is 12.0. The van der Waals surface area contributed by atoms with Crippen molar-refractivity contribution >= 4 is 39.8 Å². The van der Waals surface area contributed by atoms with Gasteiger partial charge in [0.05, 0.1) is 18.8 Å². The van der Waals surface area contributed by atoms with Crippen molar-refractivity contribution in [3.05, 3.63) is 69.8 Å². The summed E-state index contributed by atoms with van der Waals surface area (Å²) in [5.74, 6) is 1.19. The van der Waals surface area contributed by atoms with E-state index in [1.807, 2.05) is 47.5 Å². The highest BCUT2D eigenvalue weighted by Gasteiger charge is 2.31. The standard InChI is InChI=1S/C26H29ClN4O2S/c27-20-9-4-6-18(14-20)15-21-16-28-26(34-21)30-24-11-5-10-22(29-24)23-17-31(12-13-33-23)25(32)19-7-2-1-3-8-19/h4-6,9-11,14,16,19,23H,1-3,7-8,12-13,15,17H2,(H,28,29,30). The quantitative estimate of drug-likeness (QED) is 0.453. The van der Waals surface area contributed by atoms with Gasteiger partial charge in [-0.15, -0.1) is 11.3 Å². The Hall–Kier alpha value is -2.48. The van der Waals surface area contributed by atoms with Gasteiger partial charge in [-0.3, -0.25) is 4.79 Å². The Morgan fingerprint density at radius 1 is 1.18 bits per heavy atom. The average Bonchev–Trinajstić information content (AvgIpc) is 3.31. The number of amides is 1. The van der Waals surface area contributed by atoms with Gasteiger partial charge in [0.25, 0.3) is 0 Å². The van der Waals surface area contributed by atoms with E-state index in [9.17, 15) is 4.79 Å².